The summed E-state index contributed by atoms with van der Waals surface area (Å²) in [6.07, 6.45) is 12.3. The Hall–Kier alpha value is 0.126. The van der Waals surface area contributed by atoms with Gasteiger partial charge >= 0.3 is 57.4 Å². The summed E-state index contributed by atoms with van der Waals surface area (Å²) in [6.45, 7) is 2.23. The van der Waals surface area contributed by atoms with E-state index >= 15 is 0 Å². The van der Waals surface area contributed by atoms with Crippen molar-refractivity contribution in [3.05, 3.63) is 29.3 Å². The largest absolute Gasteiger partial charge is 1.00 e. The van der Waals surface area contributed by atoms with Crippen LogP contribution < -0.4 is 56.5 Å². The van der Waals surface area contributed by atoms with Gasteiger partial charge in [0.1, 0.15) is 0 Å². The number of hydrogen-bond acceptors (Lipinski definition) is 2. The number of hydrogen-bond donors (Lipinski definition) is 1. The van der Waals surface area contributed by atoms with Crippen LogP contribution in [0.4, 0.5) is 0 Å². The van der Waals surface area contributed by atoms with Crippen LogP contribution in [0.3, 0.4) is 0 Å². The van der Waals surface area contributed by atoms with Crippen molar-refractivity contribution >= 4 is 5.97 Å². The molecule has 118 valence electrons. The minimum atomic E-state index is -1.13. The normalized spacial score (nSPS) is 10.2. The number of carboxylic acid groups (broad SMARTS) is 1. The van der Waals surface area contributed by atoms with E-state index in [1.54, 1.807) is 6.07 Å². The molecule has 0 aliphatic rings. The van der Waals surface area contributed by atoms with Crippen molar-refractivity contribution < 1.29 is 66.4 Å². The Morgan fingerprint density at radius 1 is 1.00 bits per heavy atom. The van der Waals surface area contributed by atoms with E-state index in [2.05, 4.69) is 6.92 Å². The third-order valence-corrected chi connectivity index (χ3v) is 3.84. The first-order valence-electron chi connectivity index (χ1n) is 8.18. The number of carbonyl (C=O) groups is 1. The van der Waals surface area contributed by atoms with E-state index in [0.717, 1.165) is 18.4 Å². The smallest absolute Gasteiger partial charge is 0.872 e. The minimum Gasteiger partial charge on any atom is -0.872 e. The summed E-state index contributed by atoms with van der Waals surface area (Å²) in [6, 6.07) is 4.64. The molecule has 22 heavy (non-hydrogen) atoms. The third-order valence-electron chi connectivity index (χ3n) is 3.84. The fourth-order valence-electron chi connectivity index (χ4n) is 2.54. The van der Waals surface area contributed by atoms with Crippen molar-refractivity contribution in [2.24, 2.45) is 0 Å². The van der Waals surface area contributed by atoms with Gasteiger partial charge in [0.25, 0.3) is 0 Å². The van der Waals surface area contributed by atoms with Gasteiger partial charge in [0.2, 0.25) is 0 Å². The third kappa shape index (κ3) is 9.31. The number of benzene rings is 1. The van der Waals surface area contributed by atoms with Crippen LogP contribution in [0.2, 0.25) is 0 Å². The van der Waals surface area contributed by atoms with E-state index in [-0.39, 0.29) is 56.9 Å². The van der Waals surface area contributed by atoms with E-state index in [1.807, 2.05) is 0 Å². The molecule has 1 aromatic carbocycles. The Bertz CT molecular complexity index is 432. The van der Waals surface area contributed by atoms with Crippen molar-refractivity contribution in [2.75, 3.05) is 0 Å². The van der Waals surface area contributed by atoms with Crippen LogP contribution in [0.1, 0.15) is 80.6 Å². The molecule has 0 amide bonds. The monoisotopic (exact) mass is 330 g/mol. The van der Waals surface area contributed by atoms with Crippen LogP contribution in [0.5, 0.6) is 5.75 Å². The maximum Gasteiger partial charge on any atom is 1.00 e. The molecule has 0 saturated carbocycles. The maximum atomic E-state index is 11.4. The van der Waals surface area contributed by atoms with Crippen molar-refractivity contribution in [3.8, 4) is 5.75 Å². The summed E-state index contributed by atoms with van der Waals surface area (Å²) in [7, 11) is 0. The second-order valence-corrected chi connectivity index (χ2v) is 5.71. The van der Waals surface area contributed by atoms with Gasteiger partial charge < -0.3 is 10.2 Å². The van der Waals surface area contributed by atoms with Crippen molar-refractivity contribution in [1.29, 1.82) is 0 Å². The summed E-state index contributed by atoms with van der Waals surface area (Å²) in [5, 5.41) is 20.3. The summed E-state index contributed by atoms with van der Waals surface area (Å²) in [5.74, 6) is -1.53. The fraction of sp³-hybridized carbons (Fsp3) is 0.611. The Balaban J connectivity index is 0.00000441. The van der Waals surface area contributed by atoms with E-state index < -0.39 is 11.7 Å². The molecule has 1 N–H and O–H groups in total. The van der Waals surface area contributed by atoms with Gasteiger partial charge in [-0.2, -0.15) is 0 Å². The van der Waals surface area contributed by atoms with E-state index in [9.17, 15) is 9.90 Å². The van der Waals surface area contributed by atoms with Crippen LogP contribution in [0.25, 0.3) is 0 Å². The molecule has 0 unspecified atom stereocenters. The Morgan fingerprint density at radius 3 is 2.09 bits per heavy atom. The SMILES string of the molecule is CCCCCCCCCCCc1ccc([O-])c(C(=O)O)c1.[K+]. The van der Waals surface area contributed by atoms with Gasteiger partial charge in [0.05, 0.1) is 5.56 Å². The predicted molar refractivity (Wildman–Crippen MR) is 83.8 cm³/mol. The molecule has 1 aromatic rings. The van der Waals surface area contributed by atoms with Gasteiger partial charge in [0, 0.05) is 0 Å². The molecule has 1 rings (SSSR count). The number of carboxylic acids is 1. The molecular weight excluding hydrogens is 303 g/mol. The molecule has 3 nitrogen and oxygen atoms in total. The zero-order chi connectivity index (χ0) is 15.5. The van der Waals surface area contributed by atoms with Gasteiger partial charge in [-0.3, -0.25) is 0 Å². The van der Waals surface area contributed by atoms with Gasteiger partial charge in [-0.15, -0.1) is 0 Å². The topological polar surface area (TPSA) is 60.4 Å². The van der Waals surface area contributed by atoms with Gasteiger partial charge in [-0.25, -0.2) is 4.79 Å². The molecule has 0 aliphatic heterocycles. The number of unbranched alkanes of at least 4 members (excludes halogenated alkanes) is 8. The summed E-state index contributed by atoms with van der Waals surface area (Å²) < 4.78 is 0. The first-order valence-corrected chi connectivity index (χ1v) is 8.18. The predicted octanol–water partition coefficient (Wildman–Crippen LogP) is 1.54. The van der Waals surface area contributed by atoms with E-state index in [0.29, 0.717) is 0 Å². The summed E-state index contributed by atoms with van der Waals surface area (Å²) in [5.41, 5.74) is 0.846. The molecule has 0 atom stereocenters. The molecule has 0 saturated heterocycles. The molecule has 0 bridgehead atoms. The fourth-order valence-corrected chi connectivity index (χ4v) is 2.54. The van der Waals surface area contributed by atoms with Gasteiger partial charge in [-0.1, -0.05) is 76.2 Å². The van der Waals surface area contributed by atoms with Crippen molar-refractivity contribution in [1.82, 2.24) is 0 Å². The minimum absolute atomic E-state index is 0. The average Bonchev–Trinajstić information content (AvgIpc) is 2.47. The molecule has 0 aliphatic carbocycles. The summed E-state index contributed by atoms with van der Waals surface area (Å²) in [4.78, 5) is 10.9. The summed E-state index contributed by atoms with van der Waals surface area (Å²) >= 11 is 0. The molecule has 0 heterocycles. The van der Waals surface area contributed by atoms with E-state index in [1.165, 1.54) is 63.5 Å². The van der Waals surface area contributed by atoms with Crippen molar-refractivity contribution in [2.45, 2.75) is 71.1 Å². The van der Waals surface area contributed by atoms with Gasteiger partial charge in [0.15, 0.2) is 0 Å². The van der Waals surface area contributed by atoms with Crippen LogP contribution in [-0.2, 0) is 6.42 Å². The zero-order valence-corrected chi connectivity index (χ0v) is 17.2. The molecule has 0 spiro atoms. The second-order valence-electron chi connectivity index (χ2n) is 5.71. The molecule has 0 aromatic heterocycles. The van der Waals surface area contributed by atoms with Gasteiger partial charge in [-0.05, 0) is 24.5 Å². The number of aromatic carboxylic acids is 1. The molecule has 0 radical (unpaired) electrons. The Labute approximate surface area is 176 Å². The zero-order valence-electron chi connectivity index (χ0n) is 14.1. The molecule has 0 fully saturated rings. The van der Waals surface area contributed by atoms with Crippen LogP contribution in [0, 0.1) is 0 Å². The van der Waals surface area contributed by atoms with Crippen molar-refractivity contribution in [3.63, 3.8) is 0 Å². The van der Waals surface area contributed by atoms with Crippen LogP contribution >= 0.6 is 0 Å². The molecular formula is C18H27KO3. The maximum absolute atomic E-state index is 11.4. The van der Waals surface area contributed by atoms with Crippen LogP contribution in [-0.4, -0.2) is 11.1 Å². The van der Waals surface area contributed by atoms with E-state index in [4.69, 9.17) is 5.11 Å². The first-order chi connectivity index (χ1) is 10.1. The first kappa shape index (κ1) is 22.1. The van der Waals surface area contributed by atoms with Crippen LogP contribution in [0.15, 0.2) is 18.2 Å². The number of rotatable bonds is 11. The quantitative estimate of drug-likeness (QED) is 0.494. The average molecular weight is 331 g/mol. The Morgan fingerprint density at radius 2 is 1.55 bits per heavy atom. The standard InChI is InChI=1S/C18H28O3.K/c1-2-3-4-5-6-7-8-9-10-11-15-12-13-17(19)16(14-15)18(20)21;/h12-14,19H,2-11H2,1H3,(H,20,21);/q;+1/p-1. The number of aryl methyl sites for hydroxylation is 1. The second kappa shape index (κ2) is 13.6. The molecule has 4 heteroatoms. The Kier molecular flexibility index (Phi) is 13.6.